The second kappa shape index (κ2) is 11.7. The summed E-state index contributed by atoms with van der Waals surface area (Å²) in [7, 11) is 2.79. The van der Waals surface area contributed by atoms with E-state index in [-0.39, 0.29) is 28.5 Å². The van der Waals surface area contributed by atoms with E-state index in [2.05, 4.69) is 5.32 Å². The molecule has 0 spiro atoms. The van der Waals surface area contributed by atoms with Gasteiger partial charge in [0.1, 0.15) is 5.82 Å². The minimum Gasteiger partial charge on any atom is -0.355 e. The van der Waals surface area contributed by atoms with Crippen molar-refractivity contribution in [2.24, 2.45) is 5.41 Å². The summed E-state index contributed by atoms with van der Waals surface area (Å²) in [5.74, 6) is -2.04. The van der Waals surface area contributed by atoms with Gasteiger partial charge in [-0.15, -0.1) is 0 Å². The van der Waals surface area contributed by atoms with Crippen molar-refractivity contribution in [1.82, 2.24) is 5.32 Å². The van der Waals surface area contributed by atoms with E-state index in [1.165, 1.54) is 43.3 Å². The summed E-state index contributed by atoms with van der Waals surface area (Å²) in [6, 6.07) is 8.11. The summed E-state index contributed by atoms with van der Waals surface area (Å²) in [6.07, 6.45) is -3.40. The molecule has 0 fully saturated rings. The number of carbonyl (C=O) groups excluding carboxylic acids is 2. The zero-order valence-corrected chi connectivity index (χ0v) is 22.0. The van der Waals surface area contributed by atoms with Crippen LogP contribution in [-0.4, -0.2) is 31.0 Å². The number of carbonyl (C=O) groups is 2. The lowest BCUT2D eigenvalue weighted by Crippen LogP contribution is -2.46. The Hall–Kier alpha value is -3.52. The lowest BCUT2D eigenvalue weighted by atomic mass is 9.84. The maximum atomic E-state index is 14.6. The normalized spacial score (nSPS) is 11.5. The Kier molecular flexibility index (Phi) is 9.38. The molecule has 2 amide bonds. The minimum atomic E-state index is -4.84. The number of benzene rings is 2. The summed E-state index contributed by atoms with van der Waals surface area (Å²) in [4.78, 5) is 27.6. The van der Waals surface area contributed by atoms with E-state index in [1.807, 2.05) is 20.8 Å². The zero-order chi connectivity index (χ0) is 28.1. The van der Waals surface area contributed by atoms with Crippen LogP contribution in [0.1, 0.15) is 61.5 Å². The molecule has 1 N–H and O–H groups in total. The number of anilines is 2. The quantitative estimate of drug-likeness (QED) is 0.345. The van der Waals surface area contributed by atoms with Crippen molar-refractivity contribution in [3.8, 4) is 6.07 Å². The zero-order valence-electron chi connectivity index (χ0n) is 21.2. The Morgan fingerprint density at radius 3 is 2.24 bits per heavy atom. The van der Waals surface area contributed by atoms with Gasteiger partial charge in [0, 0.05) is 26.2 Å². The molecule has 0 aliphatic rings. The maximum absolute atomic E-state index is 14.6. The Morgan fingerprint density at radius 2 is 1.73 bits per heavy atom. The Labute approximate surface area is 218 Å². The van der Waals surface area contributed by atoms with Crippen molar-refractivity contribution in [3.05, 3.63) is 58.9 Å². The lowest BCUT2D eigenvalue weighted by molar-refractivity contribution is -0.137. The number of halogens is 4. The summed E-state index contributed by atoms with van der Waals surface area (Å²) in [6.45, 7) is 5.69. The van der Waals surface area contributed by atoms with Gasteiger partial charge >= 0.3 is 6.18 Å². The van der Waals surface area contributed by atoms with E-state index in [4.69, 9.17) is 17.5 Å². The molecule has 2 aromatic rings. The average molecular weight is 537 g/mol. The molecule has 2 rings (SSSR count). The molecule has 0 heterocycles. The third-order valence-corrected chi connectivity index (χ3v) is 6.24. The van der Waals surface area contributed by atoms with Crippen LogP contribution in [0.4, 0.5) is 28.9 Å². The van der Waals surface area contributed by atoms with E-state index in [1.54, 1.807) is 0 Å². The van der Waals surface area contributed by atoms with Crippen molar-refractivity contribution < 1.29 is 27.2 Å². The topological polar surface area (TPSA) is 76.4 Å². The van der Waals surface area contributed by atoms with Crippen molar-refractivity contribution in [3.63, 3.8) is 0 Å². The number of hydrogen-bond acceptors (Lipinski definition) is 4. The summed E-state index contributed by atoms with van der Waals surface area (Å²) < 4.78 is 55.6. The van der Waals surface area contributed by atoms with Crippen LogP contribution in [0.3, 0.4) is 0 Å². The molecule has 0 aromatic heterocycles. The highest BCUT2D eigenvalue weighted by molar-refractivity contribution is 7.81. The predicted molar refractivity (Wildman–Crippen MR) is 138 cm³/mol. The molecule has 6 nitrogen and oxygen atoms in total. The number of amides is 2. The molecular formula is C26H28F4N4O2S. The molecule has 0 aliphatic carbocycles. The van der Waals surface area contributed by atoms with Crippen LogP contribution in [0.25, 0.3) is 0 Å². The van der Waals surface area contributed by atoms with Crippen LogP contribution < -0.4 is 15.1 Å². The number of thiocarbonyl (C=S) groups is 1. The minimum absolute atomic E-state index is 0.0276. The number of hydrogen-bond donors (Lipinski definition) is 1. The summed E-state index contributed by atoms with van der Waals surface area (Å²) in [5, 5.41) is 11.3. The van der Waals surface area contributed by atoms with Crippen LogP contribution >= 0.6 is 12.2 Å². The average Bonchev–Trinajstić information content (AvgIpc) is 2.81. The van der Waals surface area contributed by atoms with Gasteiger partial charge in [0.25, 0.3) is 5.91 Å². The second-order valence-corrected chi connectivity index (χ2v) is 9.61. The molecule has 0 saturated carbocycles. The highest BCUT2D eigenvalue weighted by atomic mass is 32.1. The molecule has 0 bridgehead atoms. The van der Waals surface area contributed by atoms with E-state index in [0.717, 1.165) is 23.5 Å². The van der Waals surface area contributed by atoms with Crippen molar-refractivity contribution in [1.29, 1.82) is 5.26 Å². The summed E-state index contributed by atoms with van der Waals surface area (Å²) in [5.41, 5.74) is -2.49. The van der Waals surface area contributed by atoms with Crippen LogP contribution in [0.5, 0.6) is 0 Å². The molecule has 2 aromatic carbocycles. The second-order valence-electron chi connectivity index (χ2n) is 9.24. The lowest BCUT2D eigenvalue weighted by Gasteiger charge is -2.33. The first-order valence-corrected chi connectivity index (χ1v) is 11.8. The number of alkyl halides is 3. The van der Waals surface area contributed by atoms with Gasteiger partial charge in [-0.2, -0.15) is 18.4 Å². The third-order valence-electron chi connectivity index (χ3n) is 5.78. The fourth-order valence-electron chi connectivity index (χ4n) is 3.91. The first kappa shape index (κ1) is 29.7. The number of nitriles is 1. The van der Waals surface area contributed by atoms with E-state index in [0.29, 0.717) is 12.5 Å². The number of nitrogens with zero attached hydrogens (tertiary/aromatic N) is 3. The van der Waals surface area contributed by atoms with Crippen LogP contribution in [-0.2, 0) is 11.0 Å². The van der Waals surface area contributed by atoms with Crippen LogP contribution in [0.2, 0.25) is 0 Å². The van der Waals surface area contributed by atoms with Gasteiger partial charge in [-0.1, -0.05) is 27.2 Å². The van der Waals surface area contributed by atoms with Crippen molar-refractivity contribution in [2.45, 2.75) is 46.2 Å². The molecule has 0 aliphatic heterocycles. The molecular weight excluding hydrogens is 508 g/mol. The largest absolute Gasteiger partial charge is 0.417 e. The van der Waals surface area contributed by atoms with Crippen LogP contribution in [0.15, 0.2) is 36.4 Å². The van der Waals surface area contributed by atoms with Crippen molar-refractivity contribution in [2.75, 3.05) is 23.9 Å². The Balaban J connectivity index is 2.60. The SMILES string of the molecule is CCCC(C)(C)CC(=O)N(C(=S)N(C)c1ccc(C(=O)NC)c(F)c1)c1ccc(C#N)c(C(F)(F)F)c1. The molecule has 0 atom stereocenters. The monoisotopic (exact) mass is 536 g/mol. The van der Waals surface area contributed by atoms with Crippen LogP contribution in [0, 0.1) is 22.6 Å². The highest BCUT2D eigenvalue weighted by Gasteiger charge is 2.36. The van der Waals surface area contributed by atoms with Gasteiger partial charge in [0.2, 0.25) is 5.91 Å². The van der Waals surface area contributed by atoms with E-state index < -0.39 is 40.3 Å². The van der Waals surface area contributed by atoms with Gasteiger partial charge in [-0.3, -0.25) is 14.5 Å². The predicted octanol–water partition coefficient (Wildman–Crippen LogP) is 6.05. The fourth-order valence-corrected chi connectivity index (χ4v) is 4.22. The van der Waals surface area contributed by atoms with Gasteiger partial charge in [0.05, 0.1) is 28.4 Å². The van der Waals surface area contributed by atoms with E-state index >= 15 is 0 Å². The first-order chi connectivity index (χ1) is 17.2. The smallest absolute Gasteiger partial charge is 0.355 e. The molecule has 0 saturated heterocycles. The van der Waals surface area contributed by atoms with Gasteiger partial charge in [-0.05, 0) is 60.5 Å². The number of rotatable bonds is 7. The fraction of sp³-hybridized carbons (Fsp3) is 0.385. The molecule has 0 unspecified atom stereocenters. The molecule has 0 radical (unpaired) electrons. The maximum Gasteiger partial charge on any atom is 0.417 e. The summed E-state index contributed by atoms with van der Waals surface area (Å²) >= 11 is 5.52. The Morgan fingerprint density at radius 1 is 1.11 bits per heavy atom. The first-order valence-electron chi connectivity index (χ1n) is 11.4. The highest BCUT2D eigenvalue weighted by Crippen LogP contribution is 2.36. The van der Waals surface area contributed by atoms with Gasteiger partial charge in [0.15, 0.2) is 5.11 Å². The standard InChI is InChI=1S/C26H28F4N4O2S/c1-6-11-25(2,3)14-22(35)34(18-8-7-16(15-31)20(12-18)26(28,29)30)24(37)33(5)17-9-10-19(21(27)13-17)23(36)32-4/h7-10,12-13H,6,11,14H2,1-5H3,(H,32,36). The molecule has 37 heavy (non-hydrogen) atoms. The number of nitrogens with one attached hydrogen (secondary N) is 1. The molecule has 198 valence electrons. The third kappa shape index (κ3) is 7.04. The Bertz CT molecular complexity index is 1240. The molecule has 11 heteroatoms. The van der Waals surface area contributed by atoms with E-state index in [9.17, 15) is 27.2 Å². The van der Waals surface area contributed by atoms with Gasteiger partial charge < -0.3 is 10.2 Å². The van der Waals surface area contributed by atoms with Gasteiger partial charge in [-0.25, -0.2) is 4.39 Å². The van der Waals surface area contributed by atoms with Crippen molar-refractivity contribution >= 4 is 40.5 Å².